The van der Waals surface area contributed by atoms with E-state index in [0.29, 0.717) is 0 Å². The third-order valence-electron chi connectivity index (χ3n) is 5.13. The molecule has 3 nitrogen and oxygen atoms in total. The number of aliphatic hydroxyl groups excluding tert-OH is 1. The van der Waals surface area contributed by atoms with Crippen LogP contribution in [-0.2, 0) is 6.61 Å². The average molecular weight is 260 g/mol. The molecule has 1 heterocycles. The fourth-order valence-corrected chi connectivity index (χ4v) is 4.00. The van der Waals surface area contributed by atoms with Crippen LogP contribution in [0.4, 0.5) is 5.82 Å². The fraction of sp³-hybridized carbons (Fsp3) is 0.688. The van der Waals surface area contributed by atoms with E-state index in [0.717, 1.165) is 41.4 Å². The number of hydrogen-bond donors (Lipinski definition) is 1. The Bertz CT molecular complexity index is 460. The van der Waals surface area contributed by atoms with Crippen LogP contribution < -0.4 is 4.90 Å². The molecule has 2 aliphatic carbocycles. The minimum Gasteiger partial charge on any atom is -0.392 e. The van der Waals surface area contributed by atoms with Crippen LogP contribution in [0.15, 0.2) is 12.1 Å². The Hall–Kier alpha value is -1.09. The summed E-state index contributed by atoms with van der Waals surface area (Å²) in [5, 5.41) is 9.20. The van der Waals surface area contributed by atoms with Crippen LogP contribution in [0.2, 0.25) is 0 Å². The number of pyridine rings is 1. The Kier molecular flexibility index (Phi) is 3.48. The number of rotatable bonds is 4. The van der Waals surface area contributed by atoms with E-state index < -0.39 is 0 Å². The van der Waals surface area contributed by atoms with Crippen LogP contribution in [0.25, 0.3) is 0 Å². The third-order valence-corrected chi connectivity index (χ3v) is 5.13. The summed E-state index contributed by atoms with van der Waals surface area (Å²) in [5.41, 5.74) is 1.87. The lowest BCUT2D eigenvalue weighted by molar-refractivity contribution is 0.280. The number of aliphatic hydroxyl groups is 1. The van der Waals surface area contributed by atoms with Gasteiger partial charge in [-0.3, -0.25) is 0 Å². The fourth-order valence-electron chi connectivity index (χ4n) is 4.00. The number of nitrogens with zero attached hydrogens (tertiary/aromatic N) is 2. The summed E-state index contributed by atoms with van der Waals surface area (Å²) in [6.07, 6.45) is 5.80. The number of anilines is 1. The SMILES string of the molecule is Cc1nc(N(C)CC2CC3CCC2C3)ccc1CO. The van der Waals surface area contributed by atoms with E-state index in [1.165, 1.54) is 25.7 Å². The van der Waals surface area contributed by atoms with E-state index in [-0.39, 0.29) is 6.61 Å². The molecule has 0 aliphatic heterocycles. The average Bonchev–Trinajstić information content (AvgIpc) is 3.00. The molecule has 1 aromatic heterocycles. The lowest BCUT2D eigenvalue weighted by atomic mass is 9.88. The molecule has 3 atom stereocenters. The molecular weight excluding hydrogens is 236 g/mol. The van der Waals surface area contributed by atoms with Gasteiger partial charge >= 0.3 is 0 Å². The van der Waals surface area contributed by atoms with Crippen molar-refractivity contribution in [2.75, 3.05) is 18.5 Å². The van der Waals surface area contributed by atoms with Crippen LogP contribution in [0.5, 0.6) is 0 Å². The summed E-state index contributed by atoms with van der Waals surface area (Å²) in [7, 11) is 2.15. The normalized spacial score (nSPS) is 28.9. The summed E-state index contributed by atoms with van der Waals surface area (Å²) in [5.74, 6) is 3.88. The molecule has 3 unspecified atom stereocenters. The van der Waals surface area contributed by atoms with E-state index in [9.17, 15) is 5.11 Å². The minimum absolute atomic E-state index is 0.0786. The van der Waals surface area contributed by atoms with Gasteiger partial charge in [0, 0.05) is 19.3 Å². The second kappa shape index (κ2) is 5.12. The first-order chi connectivity index (χ1) is 9.17. The van der Waals surface area contributed by atoms with Gasteiger partial charge in [0.1, 0.15) is 5.82 Å². The van der Waals surface area contributed by atoms with Crippen molar-refractivity contribution in [3.05, 3.63) is 23.4 Å². The molecule has 0 radical (unpaired) electrons. The lowest BCUT2D eigenvalue weighted by Gasteiger charge is -2.28. The Morgan fingerprint density at radius 1 is 1.32 bits per heavy atom. The van der Waals surface area contributed by atoms with Crippen molar-refractivity contribution in [2.24, 2.45) is 17.8 Å². The van der Waals surface area contributed by atoms with E-state index in [1.807, 2.05) is 19.1 Å². The largest absolute Gasteiger partial charge is 0.392 e. The second-order valence-corrected chi connectivity index (χ2v) is 6.39. The van der Waals surface area contributed by atoms with Gasteiger partial charge in [-0.15, -0.1) is 0 Å². The quantitative estimate of drug-likeness (QED) is 0.904. The molecule has 2 saturated carbocycles. The van der Waals surface area contributed by atoms with Gasteiger partial charge in [0.25, 0.3) is 0 Å². The molecule has 0 aromatic carbocycles. The van der Waals surface area contributed by atoms with Gasteiger partial charge in [-0.1, -0.05) is 12.5 Å². The van der Waals surface area contributed by atoms with Crippen LogP contribution in [0.1, 0.15) is 36.9 Å². The Morgan fingerprint density at radius 3 is 2.74 bits per heavy atom. The predicted octanol–water partition coefficient (Wildman–Crippen LogP) is 2.75. The van der Waals surface area contributed by atoms with Crippen LogP contribution >= 0.6 is 0 Å². The van der Waals surface area contributed by atoms with Crippen LogP contribution in [0, 0.1) is 24.7 Å². The standard InChI is InChI=1S/C16H24N2O/c1-11-14(10-19)5-6-16(17-11)18(2)9-15-8-12-3-4-13(15)7-12/h5-6,12-13,15,19H,3-4,7-10H2,1-2H3. The van der Waals surface area contributed by atoms with Crippen molar-refractivity contribution >= 4 is 5.82 Å². The van der Waals surface area contributed by atoms with Crippen molar-refractivity contribution in [3.8, 4) is 0 Å². The van der Waals surface area contributed by atoms with E-state index >= 15 is 0 Å². The van der Waals surface area contributed by atoms with Gasteiger partial charge in [0.2, 0.25) is 0 Å². The van der Waals surface area contributed by atoms with Crippen LogP contribution in [0.3, 0.4) is 0 Å². The van der Waals surface area contributed by atoms with Gasteiger partial charge in [-0.25, -0.2) is 4.98 Å². The molecule has 2 fully saturated rings. The number of aromatic nitrogens is 1. The summed E-state index contributed by atoms with van der Waals surface area (Å²) in [6, 6.07) is 4.03. The first-order valence-electron chi connectivity index (χ1n) is 7.46. The molecule has 2 aliphatic rings. The third kappa shape index (κ3) is 2.48. The zero-order chi connectivity index (χ0) is 13.4. The molecule has 0 amide bonds. The Labute approximate surface area is 115 Å². The summed E-state index contributed by atoms with van der Waals surface area (Å²) in [6.45, 7) is 3.18. The van der Waals surface area contributed by atoms with Gasteiger partial charge in [-0.2, -0.15) is 0 Å². The van der Waals surface area contributed by atoms with E-state index in [2.05, 4.69) is 16.9 Å². The van der Waals surface area contributed by atoms with Gasteiger partial charge in [0.15, 0.2) is 0 Å². The maximum atomic E-state index is 9.20. The highest BCUT2D eigenvalue weighted by Crippen LogP contribution is 2.48. The Morgan fingerprint density at radius 2 is 2.16 bits per heavy atom. The number of aryl methyl sites for hydroxylation is 1. The highest BCUT2D eigenvalue weighted by Gasteiger charge is 2.39. The Balaban J connectivity index is 1.67. The number of fused-ring (bicyclic) bond motifs is 2. The molecule has 0 spiro atoms. The smallest absolute Gasteiger partial charge is 0.128 e. The molecule has 19 heavy (non-hydrogen) atoms. The topological polar surface area (TPSA) is 36.4 Å². The van der Waals surface area contributed by atoms with Crippen molar-refractivity contribution < 1.29 is 5.11 Å². The zero-order valence-corrected chi connectivity index (χ0v) is 12.0. The molecule has 1 aromatic rings. The maximum Gasteiger partial charge on any atom is 0.128 e. The summed E-state index contributed by atoms with van der Waals surface area (Å²) >= 11 is 0. The van der Waals surface area contributed by atoms with E-state index in [4.69, 9.17) is 0 Å². The van der Waals surface area contributed by atoms with Crippen molar-refractivity contribution in [1.82, 2.24) is 4.98 Å². The molecule has 3 heteroatoms. The van der Waals surface area contributed by atoms with Crippen molar-refractivity contribution in [3.63, 3.8) is 0 Å². The summed E-state index contributed by atoms with van der Waals surface area (Å²) in [4.78, 5) is 6.91. The number of hydrogen-bond acceptors (Lipinski definition) is 3. The monoisotopic (exact) mass is 260 g/mol. The molecule has 3 rings (SSSR count). The molecular formula is C16H24N2O. The van der Waals surface area contributed by atoms with Crippen molar-refractivity contribution in [2.45, 2.75) is 39.2 Å². The minimum atomic E-state index is 0.0786. The molecule has 104 valence electrons. The first kappa shape index (κ1) is 12.9. The van der Waals surface area contributed by atoms with Crippen LogP contribution in [-0.4, -0.2) is 23.7 Å². The molecule has 2 bridgehead atoms. The van der Waals surface area contributed by atoms with Gasteiger partial charge in [0.05, 0.1) is 6.61 Å². The predicted molar refractivity (Wildman–Crippen MR) is 77.1 cm³/mol. The molecule has 0 saturated heterocycles. The second-order valence-electron chi connectivity index (χ2n) is 6.39. The molecule has 1 N–H and O–H groups in total. The highest BCUT2D eigenvalue weighted by molar-refractivity contribution is 5.40. The zero-order valence-electron chi connectivity index (χ0n) is 12.0. The summed E-state index contributed by atoms with van der Waals surface area (Å²) < 4.78 is 0. The van der Waals surface area contributed by atoms with Gasteiger partial charge in [-0.05, 0) is 55.6 Å². The maximum absolute atomic E-state index is 9.20. The van der Waals surface area contributed by atoms with E-state index in [1.54, 1.807) is 0 Å². The first-order valence-corrected chi connectivity index (χ1v) is 7.46. The van der Waals surface area contributed by atoms with Gasteiger partial charge < -0.3 is 10.0 Å². The van der Waals surface area contributed by atoms with Crippen molar-refractivity contribution in [1.29, 1.82) is 0 Å². The lowest BCUT2D eigenvalue weighted by Crippen LogP contribution is -2.29. The highest BCUT2D eigenvalue weighted by atomic mass is 16.3.